The van der Waals surface area contributed by atoms with Crippen LogP contribution >= 0.6 is 0 Å². The third-order valence-electron chi connectivity index (χ3n) is 5.80. The number of hydrogen-bond donors (Lipinski definition) is 0. The molecule has 0 spiro atoms. The zero-order valence-electron chi connectivity index (χ0n) is 18.7. The van der Waals surface area contributed by atoms with Crippen molar-refractivity contribution in [2.24, 2.45) is 0 Å². The van der Waals surface area contributed by atoms with Gasteiger partial charge in [-0.25, -0.2) is 15.0 Å². The van der Waals surface area contributed by atoms with E-state index < -0.39 is 0 Å². The Morgan fingerprint density at radius 1 is 0.639 bits per heavy atom. The number of rotatable bonds is 3. The Balaban J connectivity index is 1.67. The first-order valence-electron chi connectivity index (χ1n) is 11.0. The van der Waals surface area contributed by atoms with E-state index in [-0.39, 0.29) is 11.5 Å². The molecule has 0 N–H and O–H groups in total. The van der Waals surface area contributed by atoms with Crippen LogP contribution in [0, 0.1) is 22.7 Å². The van der Waals surface area contributed by atoms with E-state index in [1.54, 1.807) is 18.6 Å². The van der Waals surface area contributed by atoms with Crippen molar-refractivity contribution in [1.29, 1.82) is 10.5 Å². The molecule has 3 heterocycles. The lowest BCUT2D eigenvalue weighted by Gasteiger charge is -2.35. The Labute approximate surface area is 206 Å². The summed E-state index contributed by atoms with van der Waals surface area (Å²) >= 11 is 0. The Hall–Kier alpha value is -5.60. The average molecular weight is 465 g/mol. The van der Waals surface area contributed by atoms with Crippen LogP contribution in [0.3, 0.4) is 0 Å². The van der Waals surface area contributed by atoms with E-state index in [4.69, 9.17) is 4.74 Å². The Morgan fingerprint density at radius 2 is 1.31 bits per heavy atom. The van der Waals surface area contributed by atoms with Gasteiger partial charge in [0.15, 0.2) is 17.2 Å². The van der Waals surface area contributed by atoms with Crippen molar-refractivity contribution in [3.8, 4) is 46.0 Å². The van der Waals surface area contributed by atoms with Crippen LogP contribution in [-0.2, 0) is 0 Å². The summed E-state index contributed by atoms with van der Waals surface area (Å²) in [7, 11) is 0. The number of hydrogen-bond acceptors (Lipinski definition) is 8. The van der Waals surface area contributed by atoms with Crippen molar-refractivity contribution in [1.82, 2.24) is 19.9 Å². The van der Waals surface area contributed by atoms with Gasteiger partial charge in [0.05, 0.1) is 35.1 Å². The highest BCUT2D eigenvalue weighted by Crippen LogP contribution is 2.54. The molecule has 168 valence electrons. The van der Waals surface area contributed by atoms with Gasteiger partial charge in [0.2, 0.25) is 5.82 Å². The lowest BCUT2D eigenvalue weighted by Crippen LogP contribution is -2.17. The third-order valence-corrected chi connectivity index (χ3v) is 5.80. The summed E-state index contributed by atoms with van der Waals surface area (Å²) in [6.45, 7) is 0. The van der Waals surface area contributed by atoms with Gasteiger partial charge >= 0.3 is 0 Å². The number of para-hydroxylation sites is 5. The molecule has 6 rings (SSSR count). The Kier molecular flexibility index (Phi) is 5.03. The first-order chi connectivity index (χ1) is 17.8. The number of anilines is 3. The molecule has 1 aliphatic rings. The highest BCUT2D eigenvalue weighted by Gasteiger charge is 2.29. The fourth-order valence-corrected chi connectivity index (χ4v) is 4.22. The summed E-state index contributed by atoms with van der Waals surface area (Å²) in [5.41, 5.74) is 5.69. The van der Waals surface area contributed by atoms with Crippen molar-refractivity contribution >= 4 is 17.1 Å². The molecule has 0 radical (unpaired) electrons. The van der Waals surface area contributed by atoms with E-state index in [1.807, 2.05) is 78.9 Å². The maximum absolute atomic E-state index is 9.20. The van der Waals surface area contributed by atoms with E-state index in [2.05, 4.69) is 24.8 Å². The minimum absolute atomic E-state index is 0.0940. The molecule has 0 aliphatic carbocycles. The van der Waals surface area contributed by atoms with Crippen molar-refractivity contribution < 1.29 is 4.74 Å². The molecule has 0 amide bonds. The molecule has 0 fully saturated rings. The molecule has 0 unspecified atom stereocenters. The van der Waals surface area contributed by atoms with Crippen LogP contribution in [0.25, 0.3) is 22.4 Å². The largest absolute Gasteiger partial charge is 0.453 e. The van der Waals surface area contributed by atoms with Gasteiger partial charge < -0.3 is 9.64 Å². The predicted molar refractivity (Wildman–Crippen MR) is 133 cm³/mol. The van der Waals surface area contributed by atoms with Crippen LogP contribution in [-0.4, -0.2) is 19.9 Å². The molecule has 2 aromatic heterocycles. The number of aromatic nitrogens is 4. The van der Waals surface area contributed by atoms with Crippen molar-refractivity contribution in [2.75, 3.05) is 4.90 Å². The van der Waals surface area contributed by atoms with Crippen molar-refractivity contribution in [3.63, 3.8) is 0 Å². The van der Waals surface area contributed by atoms with E-state index in [0.29, 0.717) is 17.2 Å². The third kappa shape index (κ3) is 3.47. The van der Waals surface area contributed by atoms with Gasteiger partial charge in [-0.2, -0.15) is 10.5 Å². The monoisotopic (exact) mass is 465 g/mol. The summed E-state index contributed by atoms with van der Waals surface area (Å²) in [5, 5.41) is 18.4. The van der Waals surface area contributed by atoms with Gasteiger partial charge in [-0.1, -0.05) is 42.5 Å². The van der Waals surface area contributed by atoms with Crippen LogP contribution < -0.4 is 9.64 Å². The first kappa shape index (κ1) is 21.0. The summed E-state index contributed by atoms with van der Waals surface area (Å²) in [6.07, 6.45) is 6.32. The summed E-state index contributed by atoms with van der Waals surface area (Å²) in [6, 6.07) is 25.4. The molecule has 0 saturated heterocycles. The number of benzene rings is 3. The second kappa shape index (κ2) is 8.64. The van der Waals surface area contributed by atoms with Gasteiger partial charge in [-0.05, 0) is 24.3 Å². The van der Waals surface area contributed by atoms with E-state index in [0.717, 1.165) is 33.8 Å². The topological polar surface area (TPSA) is 112 Å². The van der Waals surface area contributed by atoms with Crippen LogP contribution in [0.1, 0.15) is 11.5 Å². The molecule has 3 aromatic carbocycles. The molecule has 0 bridgehead atoms. The van der Waals surface area contributed by atoms with E-state index in [1.165, 1.54) is 6.20 Å². The maximum atomic E-state index is 9.20. The van der Waals surface area contributed by atoms with Gasteiger partial charge in [0.1, 0.15) is 12.1 Å². The van der Waals surface area contributed by atoms with Crippen LogP contribution in [0.2, 0.25) is 0 Å². The number of ether oxygens (including phenoxy) is 1. The summed E-state index contributed by atoms with van der Waals surface area (Å²) in [5.74, 6) is 1.51. The molecule has 36 heavy (non-hydrogen) atoms. The lowest BCUT2D eigenvalue weighted by atomic mass is 9.97. The fraction of sp³-hybridized carbons (Fsp3) is 0. The zero-order chi connectivity index (χ0) is 24.5. The molecule has 0 saturated carbocycles. The lowest BCUT2D eigenvalue weighted by molar-refractivity contribution is 0.477. The van der Waals surface area contributed by atoms with Crippen LogP contribution in [0.4, 0.5) is 17.1 Å². The smallest absolute Gasteiger partial charge is 0.232 e. The average Bonchev–Trinajstić information content (AvgIpc) is 2.95. The minimum Gasteiger partial charge on any atom is -0.453 e. The van der Waals surface area contributed by atoms with Crippen LogP contribution in [0.15, 0.2) is 91.5 Å². The molecular formula is C28H15N7O. The summed E-state index contributed by atoms with van der Waals surface area (Å²) in [4.78, 5) is 19.3. The first-order valence-corrected chi connectivity index (χ1v) is 11.0. The normalized spacial score (nSPS) is 11.4. The highest BCUT2D eigenvalue weighted by atomic mass is 16.5. The second-order valence-electron chi connectivity index (χ2n) is 7.88. The van der Waals surface area contributed by atoms with E-state index in [9.17, 15) is 10.5 Å². The number of fused-ring (bicyclic) bond motifs is 2. The maximum Gasteiger partial charge on any atom is 0.232 e. The molecular weight excluding hydrogens is 450 g/mol. The van der Waals surface area contributed by atoms with E-state index >= 15 is 0 Å². The van der Waals surface area contributed by atoms with Crippen molar-refractivity contribution in [3.05, 3.63) is 103 Å². The number of nitriles is 2. The predicted octanol–water partition coefficient (Wildman–Crippen LogP) is 5.92. The van der Waals surface area contributed by atoms with Gasteiger partial charge in [0, 0.05) is 29.1 Å². The van der Waals surface area contributed by atoms with Crippen LogP contribution in [0.5, 0.6) is 11.5 Å². The Bertz CT molecular complexity index is 1560. The van der Waals surface area contributed by atoms with Gasteiger partial charge in [-0.15, -0.1) is 0 Å². The summed E-state index contributed by atoms with van der Waals surface area (Å²) < 4.78 is 6.21. The molecule has 8 heteroatoms. The minimum atomic E-state index is 0.0940. The SMILES string of the molecule is N#Cc1cnc(-c2cccc(-c3cnc(C#N)nc3)c2N2c3ccccc3Oc3ccccc32)cn1. The Morgan fingerprint density at radius 3 is 1.92 bits per heavy atom. The molecule has 8 nitrogen and oxygen atoms in total. The molecule has 1 aliphatic heterocycles. The molecule has 0 atom stereocenters. The van der Waals surface area contributed by atoms with Gasteiger partial charge in [0.25, 0.3) is 0 Å². The standard InChI is InChI=1S/C28H15N7O/c29-12-19-16-32-22(17-31-19)21-7-5-6-20(18-14-33-27(13-30)34-15-18)28(21)35-23-8-1-3-10-25(23)36-26-11-4-2-9-24(26)35/h1-11,14-17H. The zero-order valence-corrected chi connectivity index (χ0v) is 18.7. The van der Waals surface area contributed by atoms with Crippen molar-refractivity contribution in [2.45, 2.75) is 0 Å². The number of nitrogens with zero attached hydrogens (tertiary/aromatic N) is 7. The second-order valence-corrected chi connectivity index (χ2v) is 7.88. The quantitative estimate of drug-likeness (QED) is 0.317. The molecule has 5 aromatic rings. The highest BCUT2D eigenvalue weighted by molar-refractivity contribution is 5.99. The van der Waals surface area contributed by atoms with Gasteiger partial charge in [-0.3, -0.25) is 4.98 Å². The fourth-order valence-electron chi connectivity index (χ4n) is 4.22.